The molecule has 0 bridgehead atoms. The summed E-state index contributed by atoms with van der Waals surface area (Å²) in [4.78, 5) is 11.0. The van der Waals surface area contributed by atoms with Crippen molar-refractivity contribution in [2.24, 2.45) is 0 Å². The summed E-state index contributed by atoms with van der Waals surface area (Å²) in [6.07, 6.45) is 3.42. The molecule has 15 heavy (non-hydrogen) atoms. The maximum atomic E-state index is 11.0. The Morgan fingerprint density at radius 2 is 2.33 bits per heavy atom. The van der Waals surface area contributed by atoms with Gasteiger partial charge in [0.1, 0.15) is 0 Å². The molecule has 4 heteroatoms. The third-order valence-corrected chi connectivity index (χ3v) is 1.79. The molecule has 0 spiro atoms. The van der Waals surface area contributed by atoms with Crippen LogP contribution in [0, 0.1) is 0 Å². The average molecular weight is 206 g/mol. The number of hydrogen-bond donors (Lipinski definition) is 3. The van der Waals surface area contributed by atoms with Crippen molar-refractivity contribution in [2.45, 2.75) is 0 Å². The second-order valence-corrected chi connectivity index (χ2v) is 2.91. The Labute approximate surface area is 88.6 Å². The SMILES string of the molecule is CNC(=O)Nc1cccc(/C=C/CO)c1. The molecule has 0 aliphatic rings. The van der Waals surface area contributed by atoms with Crippen LogP contribution in [0.4, 0.5) is 10.5 Å². The smallest absolute Gasteiger partial charge is 0.318 e. The van der Waals surface area contributed by atoms with E-state index in [1.54, 1.807) is 25.3 Å². The minimum Gasteiger partial charge on any atom is -0.392 e. The second kappa shape index (κ2) is 5.82. The largest absolute Gasteiger partial charge is 0.392 e. The molecule has 4 nitrogen and oxygen atoms in total. The normalized spacial score (nSPS) is 10.3. The van der Waals surface area contributed by atoms with E-state index in [1.807, 2.05) is 18.2 Å². The third kappa shape index (κ3) is 3.83. The summed E-state index contributed by atoms with van der Waals surface area (Å²) in [5.41, 5.74) is 1.65. The van der Waals surface area contributed by atoms with E-state index in [2.05, 4.69) is 10.6 Å². The van der Waals surface area contributed by atoms with Crippen molar-refractivity contribution in [3.05, 3.63) is 35.9 Å². The number of urea groups is 1. The van der Waals surface area contributed by atoms with Crippen LogP contribution in [0.15, 0.2) is 30.3 Å². The molecule has 3 N–H and O–H groups in total. The monoisotopic (exact) mass is 206 g/mol. The van der Waals surface area contributed by atoms with Crippen LogP contribution < -0.4 is 10.6 Å². The summed E-state index contributed by atoms with van der Waals surface area (Å²) in [5.74, 6) is 0. The number of hydrogen-bond acceptors (Lipinski definition) is 2. The Hall–Kier alpha value is -1.81. The van der Waals surface area contributed by atoms with Gasteiger partial charge in [-0.05, 0) is 17.7 Å². The summed E-state index contributed by atoms with van der Waals surface area (Å²) >= 11 is 0. The standard InChI is InChI=1S/C11H14N2O2/c1-12-11(15)13-10-6-2-4-9(8-10)5-3-7-14/h2-6,8,14H,7H2,1H3,(H2,12,13,15)/b5-3+. The average Bonchev–Trinajstić information content (AvgIpc) is 2.26. The Kier molecular flexibility index (Phi) is 4.37. The van der Waals surface area contributed by atoms with Gasteiger partial charge in [-0.25, -0.2) is 4.79 Å². The number of amides is 2. The van der Waals surface area contributed by atoms with Gasteiger partial charge in [0.2, 0.25) is 0 Å². The summed E-state index contributed by atoms with van der Waals surface area (Å²) in [5, 5.41) is 13.7. The van der Waals surface area contributed by atoms with Gasteiger partial charge in [0.05, 0.1) is 6.61 Å². The number of nitrogens with one attached hydrogen (secondary N) is 2. The van der Waals surface area contributed by atoms with Gasteiger partial charge in [-0.1, -0.05) is 24.3 Å². The molecule has 1 rings (SSSR count). The number of benzene rings is 1. The van der Waals surface area contributed by atoms with Crippen molar-refractivity contribution >= 4 is 17.8 Å². The van der Waals surface area contributed by atoms with Crippen LogP contribution in [-0.2, 0) is 0 Å². The van der Waals surface area contributed by atoms with E-state index in [4.69, 9.17) is 5.11 Å². The first-order chi connectivity index (χ1) is 7.26. The summed E-state index contributed by atoms with van der Waals surface area (Å²) in [6.45, 7) is 0.00705. The quantitative estimate of drug-likeness (QED) is 0.700. The van der Waals surface area contributed by atoms with E-state index in [0.717, 1.165) is 11.3 Å². The molecule has 0 aliphatic carbocycles. The Morgan fingerprint density at radius 3 is 3.00 bits per heavy atom. The minimum atomic E-state index is -0.252. The van der Waals surface area contributed by atoms with Crippen LogP contribution in [0.3, 0.4) is 0 Å². The molecule has 1 aromatic carbocycles. The number of aliphatic hydroxyl groups excluding tert-OH is 1. The van der Waals surface area contributed by atoms with Crippen molar-refractivity contribution < 1.29 is 9.90 Å². The molecule has 0 aliphatic heterocycles. The van der Waals surface area contributed by atoms with Gasteiger partial charge in [0.15, 0.2) is 0 Å². The zero-order valence-corrected chi connectivity index (χ0v) is 8.53. The van der Waals surface area contributed by atoms with Crippen LogP contribution in [0.25, 0.3) is 6.08 Å². The molecule has 0 heterocycles. The maximum absolute atomic E-state index is 11.0. The molecule has 0 fully saturated rings. The van der Waals surface area contributed by atoms with E-state index in [9.17, 15) is 4.79 Å². The molecular formula is C11H14N2O2. The molecule has 0 atom stereocenters. The zero-order valence-electron chi connectivity index (χ0n) is 8.53. The Bertz CT molecular complexity index is 361. The predicted octanol–water partition coefficient (Wildman–Crippen LogP) is 1.44. The highest BCUT2D eigenvalue weighted by Gasteiger charge is 1.97. The van der Waals surface area contributed by atoms with E-state index >= 15 is 0 Å². The van der Waals surface area contributed by atoms with Gasteiger partial charge in [0, 0.05) is 12.7 Å². The molecular weight excluding hydrogens is 192 g/mol. The maximum Gasteiger partial charge on any atom is 0.318 e. The van der Waals surface area contributed by atoms with Crippen molar-refractivity contribution in [1.82, 2.24) is 5.32 Å². The highest BCUT2D eigenvalue weighted by Crippen LogP contribution is 2.11. The van der Waals surface area contributed by atoms with E-state index in [-0.39, 0.29) is 12.6 Å². The fourth-order valence-electron chi connectivity index (χ4n) is 1.10. The molecule has 2 amide bonds. The lowest BCUT2D eigenvalue weighted by molar-refractivity contribution is 0.254. The predicted molar refractivity (Wildman–Crippen MR) is 60.6 cm³/mol. The van der Waals surface area contributed by atoms with Crippen LogP contribution in [0.5, 0.6) is 0 Å². The van der Waals surface area contributed by atoms with Gasteiger partial charge in [-0.3, -0.25) is 0 Å². The zero-order chi connectivity index (χ0) is 11.1. The van der Waals surface area contributed by atoms with E-state index in [1.165, 1.54) is 0 Å². The Balaban J connectivity index is 2.74. The van der Waals surface area contributed by atoms with Crippen LogP contribution >= 0.6 is 0 Å². The van der Waals surface area contributed by atoms with Gasteiger partial charge in [-0.15, -0.1) is 0 Å². The van der Waals surface area contributed by atoms with Crippen molar-refractivity contribution in [1.29, 1.82) is 0 Å². The lowest BCUT2D eigenvalue weighted by Crippen LogP contribution is -2.24. The number of carbonyl (C=O) groups excluding carboxylic acids is 1. The highest BCUT2D eigenvalue weighted by atomic mass is 16.2. The summed E-state index contributed by atoms with van der Waals surface area (Å²) < 4.78 is 0. The first kappa shape index (κ1) is 11.3. The minimum absolute atomic E-state index is 0.00705. The van der Waals surface area contributed by atoms with Gasteiger partial charge < -0.3 is 15.7 Å². The lowest BCUT2D eigenvalue weighted by Gasteiger charge is -2.04. The fourth-order valence-corrected chi connectivity index (χ4v) is 1.10. The number of rotatable bonds is 3. The van der Waals surface area contributed by atoms with E-state index in [0.29, 0.717) is 0 Å². The van der Waals surface area contributed by atoms with Gasteiger partial charge in [-0.2, -0.15) is 0 Å². The van der Waals surface area contributed by atoms with Gasteiger partial charge in [0.25, 0.3) is 0 Å². The van der Waals surface area contributed by atoms with E-state index < -0.39 is 0 Å². The third-order valence-electron chi connectivity index (χ3n) is 1.79. The molecule has 0 aromatic heterocycles. The van der Waals surface area contributed by atoms with Crippen molar-refractivity contribution in [3.8, 4) is 0 Å². The number of carbonyl (C=O) groups is 1. The van der Waals surface area contributed by atoms with Crippen molar-refractivity contribution in [3.63, 3.8) is 0 Å². The fraction of sp³-hybridized carbons (Fsp3) is 0.182. The molecule has 0 unspecified atom stereocenters. The number of aliphatic hydroxyl groups is 1. The van der Waals surface area contributed by atoms with Crippen molar-refractivity contribution in [2.75, 3.05) is 19.0 Å². The summed E-state index contributed by atoms with van der Waals surface area (Å²) in [6, 6.07) is 7.09. The Morgan fingerprint density at radius 1 is 1.53 bits per heavy atom. The lowest BCUT2D eigenvalue weighted by atomic mass is 10.2. The van der Waals surface area contributed by atoms with Crippen LogP contribution in [0.2, 0.25) is 0 Å². The number of anilines is 1. The first-order valence-corrected chi connectivity index (χ1v) is 4.62. The molecule has 80 valence electrons. The molecule has 1 aromatic rings. The first-order valence-electron chi connectivity index (χ1n) is 4.62. The summed E-state index contributed by atoms with van der Waals surface area (Å²) in [7, 11) is 1.56. The highest BCUT2D eigenvalue weighted by molar-refractivity contribution is 5.89. The second-order valence-electron chi connectivity index (χ2n) is 2.91. The van der Waals surface area contributed by atoms with Crippen LogP contribution in [-0.4, -0.2) is 24.8 Å². The van der Waals surface area contributed by atoms with Gasteiger partial charge >= 0.3 is 6.03 Å². The topological polar surface area (TPSA) is 61.4 Å². The molecule has 0 saturated heterocycles. The molecule has 0 radical (unpaired) electrons. The molecule has 0 saturated carbocycles. The van der Waals surface area contributed by atoms with Crippen LogP contribution in [0.1, 0.15) is 5.56 Å².